The molecule has 152 valence electrons. The molecule has 7 nitrogen and oxygen atoms in total. The molecule has 9 heteroatoms. The van der Waals surface area contributed by atoms with Gasteiger partial charge in [0.2, 0.25) is 15.9 Å². The summed E-state index contributed by atoms with van der Waals surface area (Å²) in [6.07, 6.45) is 0.155. The molecule has 28 heavy (non-hydrogen) atoms. The third-order valence-corrected chi connectivity index (χ3v) is 5.47. The van der Waals surface area contributed by atoms with E-state index in [1.165, 1.54) is 12.1 Å². The first-order valence-electron chi connectivity index (χ1n) is 8.71. The van der Waals surface area contributed by atoms with Crippen molar-refractivity contribution in [3.8, 4) is 11.5 Å². The van der Waals surface area contributed by atoms with Crippen LogP contribution in [-0.2, 0) is 27.8 Å². The fourth-order valence-corrected chi connectivity index (χ4v) is 3.46. The van der Waals surface area contributed by atoms with Gasteiger partial charge in [0, 0.05) is 11.0 Å². The smallest absolute Gasteiger partial charge is 0.238 e. The number of rotatable bonds is 9. The molecule has 3 N–H and O–H groups in total. The summed E-state index contributed by atoms with van der Waals surface area (Å²) in [5.74, 6) is 1.03. The predicted molar refractivity (Wildman–Crippen MR) is 110 cm³/mol. The number of hydrogen-bond donors (Lipinski definition) is 2. The third kappa shape index (κ3) is 6.22. The second-order valence-corrected chi connectivity index (χ2v) is 8.31. The van der Waals surface area contributed by atoms with Gasteiger partial charge in [-0.05, 0) is 49.2 Å². The highest BCUT2D eigenvalue weighted by Crippen LogP contribution is 2.34. The highest BCUT2D eigenvalue weighted by Gasteiger charge is 2.14. The molecular weight excluding hydrogens is 448 g/mol. The standard InChI is InChI=1S/C19H23BrN2O5S/c1-3-26-17-9-14(16(20)11-18(17)27-4-2)10-19(23)22-12-13-5-7-15(8-6-13)28(21,24)25/h5-9,11H,3-4,10,12H2,1-2H3,(H,22,23)(H2,21,24,25). The van der Waals surface area contributed by atoms with E-state index in [4.69, 9.17) is 14.6 Å². The molecular formula is C19H23BrN2O5S. The van der Waals surface area contributed by atoms with E-state index in [0.717, 1.165) is 15.6 Å². The number of halogens is 1. The van der Waals surface area contributed by atoms with E-state index in [-0.39, 0.29) is 23.8 Å². The van der Waals surface area contributed by atoms with Crippen LogP contribution in [0.5, 0.6) is 11.5 Å². The number of primary sulfonamides is 1. The van der Waals surface area contributed by atoms with Crippen LogP contribution in [0.25, 0.3) is 0 Å². The molecule has 2 aromatic carbocycles. The lowest BCUT2D eigenvalue weighted by atomic mass is 10.1. The molecule has 2 rings (SSSR count). The number of carbonyl (C=O) groups excluding carboxylic acids is 1. The van der Waals surface area contributed by atoms with Gasteiger partial charge in [0.05, 0.1) is 24.5 Å². The van der Waals surface area contributed by atoms with Crippen molar-refractivity contribution in [3.63, 3.8) is 0 Å². The first-order chi connectivity index (χ1) is 13.2. The average Bonchev–Trinajstić information content (AvgIpc) is 2.63. The van der Waals surface area contributed by atoms with Crippen LogP contribution in [0.4, 0.5) is 0 Å². The van der Waals surface area contributed by atoms with Crippen LogP contribution in [-0.4, -0.2) is 27.5 Å². The lowest BCUT2D eigenvalue weighted by Gasteiger charge is -2.14. The lowest BCUT2D eigenvalue weighted by Crippen LogP contribution is -2.24. The fourth-order valence-electron chi connectivity index (χ4n) is 2.48. The minimum atomic E-state index is -3.73. The lowest BCUT2D eigenvalue weighted by molar-refractivity contribution is -0.120. The van der Waals surface area contributed by atoms with Crippen LogP contribution >= 0.6 is 15.9 Å². The molecule has 0 saturated heterocycles. The average molecular weight is 471 g/mol. The van der Waals surface area contributed by atoms with E-state index in [1.54, 1.807) is 24.3 Å². The second kappa shape index (κ2) is 9.90. The number of nitrogens with one attached hydrogen (secondary N) is 1. The Morgan fingerprint density at radius 3 is 2.18 bits per heavy atom. The molecule has 0 atom stereocenters. The predicted octanol–water partition coefficient (Wildman–Crippen LogP) is 2.75. The monoisotopic (exact) mass is 470 g/mol. The highest BCUT2D eigenvalue weighted by molar-refractivity contribution is 9.10. The SMILES string of the molecule is CCOc1cc(Br)c(CC(=O)NCc2ccc(S(N)(=O)=O)cc2)cc1OCC. The molecule has 0 unspecified atom stereocenters. The summed E-state index contributed by atoms with van der Waals surface area (Å²) in [5, 5.41) is 7.88. The van der Waals surface area contributed by atoms with Gasteiger partial charge in [-0.1, -0.05) is 28.1 Å². The largest absolute Gasteiger partial charge is 0.490 e. The van der Waals surface area contributed by atoms with Crippen molar-refractivity contribution in [3.05, 3.63) is 52.0 Å². The van der Waals surface area contributed by atoms with Gasteiger partial charge in [0.25, 0.3) is 0 Å². The zero-order chi connectivity index (χ0) is 20.7. The summed E-state index contributed by atoms with van der Waals surface area (Å²) < 4.78 is 34.5. The van der Waals surface area contributed by atoms with Crippen LogP contribution in [0.3, 0.4) is 0 Å². The first-order valence-corrected chi connectivity index (χ1v) is 11.0. The molecule has 0 aliphatic rings. The molecule has 1 amide bonds. The number of carbonyl (C=O) groups is 1. The summed E-state index contributed by atoms with van der Waals surface area (Å²) in [6.45, 7) is 5.04. The topological polar surface area (TPSA) is 108 Å². The summed E-state index contributed by atoms with van der Waals surface area (Å²) in [4.78, 5) is 12.4. The Hall–Kier alpha value is -2.10. The van der Waals surface area contributed by atoms with Gasteiger partial charge in [-0.3, -0.25) is 4.79 Å². The van der Waals surface area contributed by atoms with Gasteiger partial charge < -0.3 is 14.8 Å². The van der Waals surface area contributed by atoms with Crippen molar-refractivity contribution in [2.75, 3.05) is 13.2 Å². The van der Waals surface area contributed by atoms with Gasteiger partial charge in [-0.15, -0.1) is 0 Å². The zero-order valence-corrected chi connectivity index (χ0v) is 18.1. The molecule has 0 aliphatic carbocycles. The van der Waals surface area contributed by atoms with E-state index < -0.39 is 10.0 Å². The van der Waals surface area contributed by atoms with Crippen LogP contribution in [0.15, 0.2) is 45.8 Å². The number of benzene rings is 2. The number of sulfonamides is 1. The minimum Gasteiger partial charge on any atom is -0.490 e. The maximum atomic E-state index is 12.3. The van der Waals surface area contributed by atoms with E-state index in [0.29, 0.717) is 24.7 Å². The van der Waals surface area contributed by atoms with E-state index >= 15 is 0 Å². The fraction of sp³-hybridized carbons (Fsp3) is 0.316. The quantitative estimate of drug-likeness (QED) is 0.585. The number of ether oxygens (including phenoxy) is 2. The van der Waals surface area contributed by atoms with E-state index in [2.05, 4.69) is 21.2 Å². The van der Waals surface area contributed by atoms with Crippen molar-refractivity contribution in [2.45, 2.75) is 31.7 Å². The van der Waals surface area contributed by atoms with Crippen molar-refractivity contribution < 1.29 is 22.7 Å². The van der Waals surface area contributed by atoms with Crippen molar-refractivity contribution >= 4 is 31.9 Å². The van der Waals surface area contributed by atoms with E-state index in [1.807, 2.05) is 13.8 Å². The van der Waals surface area contributed by atoms with Gasteiger partial charge >= 0.3 is 0 Å². The Labute approximate surface area is 173 Å². The van der Waals surface area contributed by atoms with Crippen LogP contribution in [0.1, 0.15) is 25.0 Å². The second-order valence-electron chi connectivity index (χ2n) is 5.90. The molecule has 0 spiro atoms. The number of nitrogens with two attached hydrogens (primary N) is 1. The first kappa shape index (κ1) is 22.2. The third-order valence-electron chi connectivity index (χ3n) is 3.81. The molecule has 0 bridgehead atoms. The van der Waals surface area contributed by atoms with Gasteiger partial charge in [-0.2, -0.15) is 0 Å². The van der Waals surface area contributed by atoms with Crippen LogP contribution in [0.2, 0.25) is 0 Å². The van der Waals surface area contributed by atoms with Gasteiger partial charge in [-0.25, -0.2) is 13.6 Å². The molecule has 0 saturated carbocycles. The highest BCUT2D eigenvalue weighted by atomic mass is 79.9. The summed E-state index contributed by atoms with van der Waals surface area (Å²) in [5.41, 5.74) is 1.54. The minimum absolute atomic E-state index is 0.0318. The number of amides is 1. The van der Waals surface area contributed by atoms with Gasteiger partial charge in [0.15, 0.2) is 11.5 Å². The Morgan fingerprint density at radius 1 is 1.07 bits per heavy atom. The van der Waals surface area contributed by atoms with Gasteiger partial charge in [0.1, 0.15) is 0 Å². The molecule has 2 aromatic rings. The molecule has 0 aliphatic heterocycles. The van der Waals surface area contributed by atoms with E-state index in [9.17, 15) is 13.2 Å². The van der Waals surface area contributed by atoms with Crippen molar-refractivity contribution in [2.24, 2.45) is 5.14 Å². The maximum absolute atomic E-state index is 12.3. The van der Waals surface area contributed by atoms with Crippen LogP contribution < -0.4 is 19.9 Å². The summed E-state index contributed by atoms with van der Waals surface area (Å²) in [7, 11) is -3.73. The van der Waals surface area contributed by atoms with Crippen molar-refractivity contribution in [1.82, 2.24) is 5.32 Å². The Balaban J connectivity index is 2.03. The summed E-state index contributed by atoms with van der Waals surface area (Å²) >= 11 is 3.47. The Morgan fingerprint density at radius 2 is 1.64 bits per heavy atom. The molecule has 0 radical (unpaired) electrons. The Kier molecular flexibility index (Phi) is 7.85. The Bertz CT molecular complexity index is 930. The maximum Gasteiger partial charge on any atom is 0.238 e. The summed E-state index contributed by atoms with van der Waals surface area (Å²) in [6, 6.07) is 9.63. The number of hydrogen-bond acceptors (Lipinski definition) is 5. The molecule has 0 fully saturated rings. The van der Waals surface area contributed by atoms with Crippen molar-refractivity contribution in [1.29, 1.82) is 0 Å². The molecule has 0 aromatic heterocycles. The van der Waals surface area contributed by atoms with Crippen LogP contribution in [0, 0.1) is 0 Å². The zero-order valence-electron chi connectivity index (χ0n) is 15.7. The molecule has 0 heterocycles. The normalized spacial score (nSPS) is 11.1.